The lowest BCUT2D eigenvalue weighted by Gasteiger charge is -2.15. The lowest BCUT2D eigenvalue weighted by Crippen LogP contribution is -2.27. The number of benzene rings is 3. The summed E-state index contributed by atoms with van der Waals surface area (Å²) in [4.78, 5) is 12.5. The topological polar surface area (TPSA) is 75.3 Å². The van der Waals surface area contributed by atoms with Crippen LogP contribution in [-0.2, 0) is 10.0 Å². The van der Waals surface area contributed by atoms with Gasteiger partial charge in [-0.3, -0.25) is 9.52 Å². The minimum atomic E-state index is -3.96. The number of carbonyl (C=O) groups is 1. The quantitative estimate of drug-likeness (QED) is 0.583. The van der Waals surface area contributed by atoms with E-state index in [0.717, 1.165) is 11.1 Å². The fourth-order valence-corrected chi connectivity index (χ4v) is 4.37. The molecule has 2 N–H and O–H groups in total. The Bertz CT molecular complexity index is 1110. The van der Waals surface area contributed by atoms with Crippen LogP contribution in [0.25, 0.3) is 0 Å². The first-order valence-electron chi connectivity index (χ1n) is 9.01. The molecule has 1 unspecified atom stereocenters. The molecule has 0 heterocycles. The molecule has 0 aliphatic rings. The lowest BCUT2D eigenvalue weighted by molar-refractivity contribution is 0.0939. The molecular weight excluding hydrogens is 408 g/mol. The molecule has 0 aliphatic carbocycles. The molecule has 0 bridgehead atoms. The van der Waals surface area contributed by atoms with Crippen LogP contribution in [-0.4, -0.2) is 14.3 Å². The minimum absolute atomic E-state index is 0.0391. The van der Waals surface area contributed by atoms with Gasteiger partial charge in [-0.05, 0) is 49.7 Å². The predicted octanol–water partition coefficient (Wildman–Crippen LogP) is 4.94. The maximum absolute atomic E-state index is 12.8. The van der Waals surface area contributed by atoms with Gasteiger partial charge in [-0.1, -0.05) is 59.6 Å². The van der Waals surface area contributed by atoms with E-state index in [1.807, 2.05) is 44.2 Å². The van der Waals surface area contributed by atoms with Crippen molar-refractivity contribution in [3.8, 4) is 0 Å². The number of amides is 1. The van der Waals surface area contributed by atoms with Crippen molar-refractivity contribution in [2.24, 2.45) is 0 Å². The van der Waals surface area contributed by atoms with E-state index in [2.05, 4.69) is 10.0 Å². The van der Waals surface area contributed by atoms with Crippen LogP contribution < -0.4 is 10.0 Å². The fraction of sp³-hybridized carbons (Fsp3) is 0.136. The van der Waals surface area contributed by atoms with Gasteiger partial charge in [-0.15, -0.1) is 0 Å². The van der Waals surface area contributed by atoms with Crippen LogP contribution in [0.2, 0.25) is 5.02 Å². The lowest BCUT2D eigenvalue weighted by atomic mass is 10.1. The highest BCUT2D eigenvalue weighted by atomic mass is 35.5. The Morgan fingerprint density at radius 1 is 0.966 bits per heavy atom. The summed E-state index contributed by atoms with van der Waals surface area (Å²) in [5.41, 5.74) is 2.58. The summed E-state index contributed by atoms with van der Waals surface area (Å²) in [5.74, 6) is -0.384. The highest BCUT2D eigenvalue weighted by Gasteiger charge is 2.21. The molecule has 3 aromatic rings. The van der Waals surface area contributed by atoms with Crippen LogP contribution in [0, 0.1) is 6.92 Å². The third kappa shape index (κ3) is 5.16. The van der Waals surface area contributed by atoms with Crippen molar-refractivity contribution in [1.29, 1.82) is 0 Å². The summed E-state index contributed by atoms with van der Waals surface area (Å²) in [6.45, 7) is 3.77. The second kappa shape index (κ2) is 8.68. The maximum atomic E-state index is 12.8. The van der Waals surface area contributed by atoms with Crippen LogP contribution in [0.4, 0.5) is 5.69 Å². The fourth-order valence-electron chi connectivity index (χ4n) is 2.79. The van der Waals surface area contributed by atoms with E-state index in [1.165, 1.54) is 18.2 Å². The third-order valence-electron chi connectivity index (χ3n) is 4.43. The Balaban J connectivity index is 1.83. The van der Waals surface area contributed by atoms with Crippen molar-refractivity contribution in [1.82, 2.24) is 5.32 Å². The number of hydrogen-bond donors (Lipinski definition) is 2. The molecule has 0 fully saturated rings. The van der Waals surface area contributed by atoms with Gasteiger partial charge >= 0.3 is 0 Å². The molecule has 0 aliphatic heterocycles. The number of anilines is 1. The van der Waals surface area contributed by atoms with Crippen LogP contribution >= 0.6 is 11.6 Å². The zero-order valence-corrected chi connectivity index (χ0v) is 17.6. The van der Waals surface area contributed by atoms with Gasteiger partial charge in [-0.2, -0.15) is 0 Å². The van der Waals surface area contributed by atoms with E-state index < -0.39 is 10.0 Å². The summed E-state index contributed by atoms with van der Waals surface area (Å²) in [5, 5.41) is 2.91. The van der Waals surface area contributed by atoms with Gasteiger partial charge in [-0.25, -0.2) is 8.42 Å². The average molecular weight is 429 g/mol. The third-order valence-corrected chi connectivity index (χ3v) is 6.30. The summed E-state index contributed by atoms with van der Waals surface area (Å²) in [7, 11) is -3.96. The monoisotopic (exact) mass is 428 g/mol. The minimum Gasteiger partial charge on any atom is -0.346 e. The number of halogens is 1. The molecule has 0 aromatic heterocycles. The summed E-state index contributed by atoms with van der Waals surface area (Å²) in [6, 6.07) is 20.4. The van der Waals surface area contributed by atoms with Gasteiger partial charge in [0.2, 0.25) is 0 Å². The van der Waals surface area contributed by atoms with E-state index in [-0.39, 0.29) is 27.4 Å². The highest BCUT2D eigenvalue weighted by Crippen LogP contribution is 2.25. The number of aryl methyl sites for hydroxylation is 1. The molecule has 150 valence electrons. The van der Waals surface area contributed by atoms with Gasteiger partial charge in [0.1, 0.15) is 4.90 Å². The van der Waals surface area contributed by atoms with Crippen molar-refractivity contribution in [2.45, 2.75) is 24.8 Å². The number of rotatable bonds is 6. The van der Waals surface area contributed by atoms with E-state index in [0.29, 0.717) is 5.69 Å². The van der Waals surface area contributed by atoms with Crippen molar-refractivity contribution in [3.05, 3.63) is 94.5 Å². The average Bonchev–Trinajstić information content (AvgIpc) is 2.70. The number of nitrogens with one attached hydrogen (secondary N) is 2. The Hall–Kier alpha value is -2.83. The van der Waals surface area contributed by atoms with E-state index in [1.54, 1.807) is 24.3 Å². The van der Waals surface area contributed by atoms with Crippen molar-refractivity contribution >= 4 is 33.2 Å². The predicted molar refractivity (Wildman–Crippen MR) is 116 cm³/mol. The Morgan fingerprint density at radius 3 is 2.28 bits per heavy atom. The van der Waals surface area contributed by atoms with Crippen molar-refractivity contribution in [3.63, 3.8) is 0 Å². The van der Waals surface area contributed by atoms with Crippen molar-refractivity contribution < 1.29 is 13.2 Å². The largest absolute Gasteiger partial charge is 0.346 e. The Labute approximate surface area is 175 Å². The molecule has 0 radical (unpaired) electrons. The molecule has 1 atom stereocenters. The van der Waals surface area contributed by atoms with Crippen LogP contribution in [0.3, 0.4) is 0 Å². The van der Waals surface area contributed by atoms with Gasteiger partial charge < -0.3 is 5.32 Å². The molecule has 1 amide bonds. The molecule has 3 rings (SSSR count). The van der Waals surface area contributed by atoms with E-state index >= 15 is 0 Å². The van der Waals surface area contributed by atoms with Crippen LogP contribution in [0.5, 0.6) is 0 Å². The molecule has 7 heteroatoms. The van der Waals surface area contributed by atoms with Gasteiger partial charge in [0.25, 0.3) is 15.9 Å². The second-order valence-corrected chi connectivity index (χ2v) is 8.78. The van der Waals surface area contributed by atoms with Crippen LogP contribution in [0.15, 0.2) is 77.7 Å². The SMILES string of the molecule is Cc1ccc(NS(=O)(=O)c2cc(C(=O)NC(C)c3ccccc3)ccc2Cl)cc1. The molecule has 0 spiro atoms. The second-order valence-electron chi connectivity index (χ2n) is 6.72. The van der Waals surface area contributed by atoms with E-state index in [4.69, 9.17) is 11.6 Å². The van der Waals surface area contributed by atoms with Gasteiger partial charge in [0.05, 0.1) is 11.1 Å². The zero-order chi connectivity index (χ0) is 21.0. The van der Waals surface area contributed by atoms with Gasteiger partial charge in [0.15, 0.2) is 0 Å². The zero-order valence-electron chi connectivity index (χ0n) is 16.0. The molecule has 0 saturated carbocycles. The smallest absolute Gasteiger partial charge is 0.263 e. The first-order valence-corrected chi connectivity index (χ1v) is 10.9. The number of sulfonamides is 1. The highest BCUT2D eigenvalue weighted by molar-refractivity contribution is 7.92. The summed E-state index contributed by atoms with van der Waals surface area (Å²) >= 11 is 6.13. The number of hydrogen-bond acceptors (Lipinski definition) is 3. The first kappa shape index (κ1) is 20.9. The standard InChI is InChI=1S/C22H21ClN2O3S/c1-15-8-11-19(12-9-15)25-29(27,28)21-14-18(10-13-20(21)23)22(26)24-16(2)17-6-4-3-5-7-17/h3-14,16,25H,1-2H3,(H,24,26). The molecule has 29 heavy (non-hydrogen) atoms. The van der Waals surface area contributed by atoms with Crippen molar-refractivity contribution in [2.75, 3.05) is 4.72 Å². The Kier molecular flexibility index (Phi) is 6.25. The molecular formula is C22H21ClN2O3S. The maximum Gasteiger partial charge on any atom is 0.263 e. The normalized spacial score (nSPS) is 12.2. The first-order chi connectivity index (χ1) is 13.8. The summed E-state index contributed by atoms with van der Waals surface area (Å²) < 4.78 is 28.1. The molecule has 0 saturated heterocycles. The van der Waals surface area contributed by atoms with Gasteiger partial charge in [0, 0.05) is 11.3 Å². The Morgan fingerprint density at radius 2 is 1.62 bits per heavy atom. The number of carbonyl (C=O) groups excluding carboxylic acids is 1. The van der Waals surface area contributed by atoms with Crippen LogP contribution in [0.1, 0.15) is 34.5 Å². The molecule has 5 nitrogen and oxygen atoms in total. The van der Waals surface area contributed by atoms with E-state index in [9.17, 15) is 13.2 Å². The summed E-state index contributed by atoms with van der Waals surface area (Å²) in [6.07, 6.45) is 0. The molecule has 3 aromatic carbocycles.